The Kier molecular flexibility index (Phi) is 7.11. The van der Waals surface area contributed by atoms with Crippen molar-refractivity contribution in [2.75, 3.05) is 18.8 Å². The highest BCUT2D eigenvalue weighted by atomic mass is 127. The summed E-state index contributed by atoms with van der Waals surface area (Å²) in [6, 6.07) is 13.3. The molecule has 12 heteroatoms. The third-order valence-corrected chi connectivity index (χ3v) is 6.66. The van der Waals surface area contributed by atoms with E-state index in [4.69, 9.17) is 24.1 Å². The zero-order valence-corrected chi connectivity index (χ0v) is 22.4. The van der Waals surface area contributed by atoms with Crippen LogP contribution in [-0.2, 0) is 16.2 Å². The van der Waals surface area contributed by atoms with Crippen molar-refractivity contribution in [1.29, 1.82) is 0 Å². The molecule has 2 N–H and O–H groups in total. The van der Waals surface area contributed by atoms with E-state index < -0.39 is 23.8 Å². The molecule has 5 rings (SSSR count). The Morgan fingerprint density at radius 1 is 1.08 bits per heavy atom. The number of ether oxygens (including phenoxy) is 4. The van der Waals surface area contributed by atoms with Crippen LogP contribution in [0.5, 0.6) is 23.0 Å². The summed E-state index contributed by atoms with van der Waals surface area (Å²) in [6.45, 7) is 0.180. The van der Waals surface area contributed by atoms with E-state index in [9.17, 15) is 19.2 Å². The topological polar surface area (TPSA) is 141 Å². The number of methoxy groups -OCH3 is 1. The van der Waals surface area contributed by atoms with Crippen LogP contribution >= 0.6 is 22.6 Å². The van der Waals surface area contributed by atoms with Crippen LogP contribution in [0.3, 0.4) is 0 Å². The average molecular weight is 642 g/mol. The molecule has 0 unspecified atom stereocenters. The molecule has 4 amide bonds. The fourth-order valence-corrected chi connectivity index (χ4v) is 4.73. The summed E-state index contributed by atoms with van der Waals surface area (Å²) < 4.78 is 22.7. The molecule has 0 spiro atoms. The van der Waals surface area contributed by atoms with Gasteiger partial charge in [0, 0.05) is 6.07 Å². The molecule has 0 aliphatic carbocycles. The summed E-state index contributed by atoms with van der Waals surface area (Å²) in [4.78, 5) is 50.4. The van der Waals surface area contributed by atoms with Gasteiger partial charge in [-0.1, -0.05) is 12.1 Å². The summed E-state index contributed by atoms with van der Waals surface area (Å²) in [7, 11) is 1.45. The number of carbonyl (C=O) groups is 4. The minimum absolute atomic E-state index is 0.0275. The third kappa shape index (κ3) is 5.23. The number of urea groups is 1. The molecule has 2 aliphatic rings. The van der Waals surface area contributed by atoms with Crippen LogP contribution in [0, 0.1) is 3.57 Å². The van der Waals surface area contributed by atoms with E-state index in [0.29, 0.717) is 32.1 Å². The van der Waals surface area contributed by atoms with E-state index in [1.54, 1.807) is 30.3 Å². The van der Waals surface area contributed by atoms with Crippen molar-refractivity contribution in [1.82, 2.24) is 5.32 Å². The first-order valence-electron chi connectivity index (χ1n) is 11.4. The number of barbiturate groups is 1. The number of fused-ring (bicyclic) bond motifs is 1. The molecule has 1 saturated heterocycles. The van der Waals surface area contributed by atoms with Crippen LogP contribution in [0.2, 0.25) is 0 Å². The van der Waals surface area contributed by atoms with Crippen LogP contribution in [0.1, 0.15) is 21.5 Å². The minimum Gasteiger partial charge on any atom is -0.493 e. The molecule has 0 radical (unpaired) electrons. The molecule has 0 bridgehead atoms. The molecule has 2 heterocycles. The number of hydrogen-bond acceptors (Lipinski definition) is 8. The van der Waals surface area contributed by atoms with Crippen molar-refractivity contribution in [2.45, 2.75) is 6.61 Å². The normalized spacial score (nSPS) is 15.4. The lowest BCUT2D eigenvalue weighted by atomic mass is 10.1. The lowest BCUT2D eigenvalue weighted by Crippen LogP contribution is -2.54. The fourth-order valence-electron chi connectivity index (χ4n) is 3.95. The highest BCUT2D eigenvalue weighted by Crippen LogP contribution is 2.37. The minimum atomic E-state index is -1.02. The Labute approximate surface area is 235 Å². The molecule has 3 aromatic rings. The Balaban J connectivity index is 1.40. The smallest absolute Gasteiger partial charge is 0.335 e. The van der Waals surface area contributed by atoms with E-state index in [1.165, 1.54) is 37.5 Å². The fraction of sp³-hybridized carbons (Fsp3) is 0.111. The number of imide groups is 2. The van der Waals surface area contributed by atoms with E-state index in [0.717, 1.165) is 10.5 Å². The van der Waals surface area contributed by atoms with Crippen molar-refractivity contribution in [3.05, 3.63) is 80.4 Å². The number of benzene rings is 3. The highest BCUT2D eigenvalue weighted by Gasteiger charge is 2.37. The molecular weight excluding hydrogens is 623 g/mol. The van der Waals surface area contributed by atoms with E-state index >= 15 is 0 Å². The zero-order valence-electron chi connectivity index (χ0n) is 20.2. The number of amides is 4. The van der Waals surface area contributed by atoms with Crippen LogP contribution in [0.25, 0.3) is 6.08 Å². The maximum Gasteiger partial charge on any atom is 0.335 e. The first kappa shape index (κ1) is 26.0. The number of halogens is 1. The second kappa shape index (κ2) is 10.6. The third-order valence-electron chi connectivity index (χ3n) is 5.86. The predicted octanol–water partition coefficient (Wildman–Crippen LogP) is 3.97. The summed E-state index contributed by atoms with van der Waals surface area (Å²) >= 11 is 2.04. The molecule has 0 saturated carbocycles. The quantitative estimate of drug-likeness (QED) is 0.223. The van der Waals surface area contributed by atoms with Crippen molar-refractivity contribution in [2.24, 2.45) is 0 Å². The predicted molar refractivity (Wildman–Crippen MR) is 145 cm³/mol. The Morgan fingerprint density at radius 3 is 2.54 bits per heavy atom. The summed E-state index contributed by atoms with van der Waals surface area (Å²) in [5, 5.41) is 11.2. The number of carboxylic acids is 1. The number of anilines is 1. The van der Waals surface area contributed by atoms with E-state index in [2.05, 4.69) is 5.32 Å². The number of rotatable bonds is 7. The summed E-state index contributed by atoms with van der Waals surface area (Å²) in [6.07, 6.45) is 1.36. The van der Waals surface area contributed by atoms with Gasteiger partial charge in [0.2, 0.25) is 6.79 Å². The zero-order chi connectivity index (χ0) is 27.7. The van der Waals surface area contributed by atoms with Gasteiger partial charge in [-0.2, -0.15) is 0 Å². The van der Waals surface area contributed by atoms with E-state index in [-0.39, 0.29) is 30.2 Å². The number of carboxylic acid groups (broad SMARTS) is 1. The van der Waals surface area contributed by atoms with Crippen molar-refractivity contribution < 1.29 is 43.2 Å². The molecule has 11 nitrogen and oxygen atoms in total. The molecule has 3 aromatic carbocycles. The summed E-state index contributed by atoms with van der Waals surface area (Å²) in [5.74, 6) is -1.01. The lowest BCUT2D eigenvalue weighted by molar-refractivity contribution is -0.122. The SMILES string of the molecule is COc1cc(/C=C2\C(=O)NC(=O)N(c3ccc4c(c3)OCO4)C2=O)cc(I)c1OCc1ccc(C(=O)O)cc1. The van der Waals surface area contributed by atoms with Crippen molar-refractivity contribution in [3.8, 4) is 23.0 Å². The van der Waals surface area contributed by atoms with E-state index in [1.807, 2.05) is 22.6 Å². The lowest BCUT2D eigenvalue weighted by Gasteiger charge is -2.26. The second-order valence-corrected chi connectivity index (χ2v) is 9.48. The van der Waals surface area contributed by atoms with Crippen molar-refractivity contribution >= 4 is 58.2 Å². The van der Waals surface area contributed by atoms with Gasteiger partial charge in [0.05, 0.1) is 21.9 Å². The largest absolute Gasteiger partial charge is 0.493 e. The molecule has 39 heavy (non-hydrogen) atoms. The van der Waals surface area contributed by atoms with Gasteiger partial charge in [-0.3, -0.25) is 14.9 Å². The van der Waals surface area contributed by atoms with Gasteiger partial charge in [0.25, 0.3) is 11.8 Å². The molecule has 1 fully saturated rings. The Hall–Kier alpha value is -4.59. The number of carbonyl (C=O) groups excluding carboxylic acids is 3. The van der Waals surface area contributed by atoms with Gasteiger partial charge in [-0.25, -0.2) is 14.5 Å². The molecule has 198 valence electrons. The van der Waals surface area contributed by atoms with Crippen LogP contribution < -0.4 is 29.2 Å². The maximum absolute atomic E-state index is 13.3. The highest BCUT2D eigenvalue weighted by molar-refractivity contribution is 14.1. The number of nitrogens with zero attached hydrogens (tertiary/aromatic N) is 1. The Bertz CT molecular complexity index is 1550. The Morgan fingerprint density at radius 2 is 1.82 bits per heavy atom. The first-order valence-corrected chi connectivity index (χ1v) is 12.5. The van der Waals surface area contributed by atoms with Gasteiger partial charge in [0.1, 0.15) is 12.2 Å². The van der Waals surface area contributed by atoms with Gasteiger partial charge in [-0.05, 0) is 76.2 Å². The average Bonchev–Trinajstić information content (AvgIpc) is 3.38. The summed E-state index contributed by atoms with van der Waals surface area (Å²) in [5.41, 5.74) is 1.35. The molecule has 2 aliphatic heterocycles. The monoisotopic (exact) mass is 642 g/mol. The molecule has 0 aromatic heterocycles. The van der Waals surface area contributed by atoms with Gasteiger partial charge in [-0.15, -0.1) is 0 Å². The van der Waals surface area contributed by atoms with Crippen LogP contribution in [-0.4, -0.2) is 42.8 Å². The van der Waals surface area contributed by atoms with Gasteiger partial charge in [0.15, 0.2) is 23.0 Å². The maximum atomic E-state index is 13.3. The number of nitrogens with one attached hydrogen (secondary N) is 1. The standard InChI is InChI=1S/C27H19IN2O9/c1-36-22-10-15(9-19(28)23(22)37-12-14-2-4-16(5-3-14)26(33)34)8-18-24(31)29-27(35)30(25(18)32)17-6-7-20-21(11-17)39-13-38-20/h2-11H,12-13H2,1H3,(H,33,34)(H,29,31,35)/b18-8+. The number of hydrogen-bond donors (Lipinski definition) is 2. The van der Waals surface area contributed by atoms with Gasteiger partial charge >= 0.3 is 12.0 Å². The molecule has 0 atom stereocenters. The molecular formula is C27H19IN2O9. The second-order valence-electron chi connectivity index (χ2n) is 8.32. The number of aromatic carboxylic acids is 1. The van der Waals surface area contributed by atoms with Crippen molar-refractivity contribution in [3.63, 3.8) is 0 Å². The van der Waals surface area contributed by atoms with Crippen LogP contribution in [0.15, 0.2) is 60.2 Å². The van der Waals surface area contributed by atoms with Gasteiger partial charge < -0.3 is 24.1 Å². The first-order chi connectivity index (χ1) is 18.7. The van der Waals surface area contributed by atoms with Crippen LogP contribution in [0.4, 0.5) is 10.5 Å².